The van der Waals surface area contributed by atoms with Crippen molar-refractivity contribution in [3.05, 3.63) is 38.0 Å². The second-order valence-corrected chi connectivity index (χ2v) is 8.62. The largest absolute Gasteiger partial charge is 0.444 e. The number of amides is 1. The zero-order valence-electron chi connectivity index (χ0n) is 16.5. The van der Waals surface area contributed by atoms with Crippen molar-refractivity contribution in [1.29, 1.82) is 0 Å². The SMILES string of the molecule is Cn1c(=O)c(=O)n(C2CCC(NC(=O)OC(C)(C)C)CC2)c2ncc(Cl)cc21. The molecule has 28 heavy (non-hydrogen) atoms. The van der Waals surface area contributed by atoms with Crippen LogP contribution in [0.2, 0.25) is 5.02 Å². The third-order valence-electron chi connectivity index (χ3n) is 4.89. The van der Waals surface area contributed by atoms with Crippen LogP contribution >= 0.6 is 11.6 Å². The molecule has 0 bridgehead atoms. The van der Waals surface area contributed by atoms with Gasteiger partial charge in [0.2, 0.25) is 0 Å². The van der Waals surface area contributed by atoms with Crippen molar-refractivity contribution < 1.29 is 9.53 Å². The smallest absolute Gasteiger partial charge is 0.407 e. The first kappa shape index (κ1) is 20.4. The van der Waals surface area contributed by atoms with E-state index in [1.54, 1.807) is 6.07 Å². The van der Waals surface area contributed by atoms with E-state index in [0.29, 0.717) is 41.9 Å². The minimum absolute atomic E-state index is 0.0259. The number of hydrogen-bond donors (Lipinski definition) is 1. The summed E-state index contributed by atoms with van der Waals surface area (Å²) in [6.07, 6.45) is 3.68. The molecule has 2 heterocycles. The first-order valence-corrected chi connectivity index (χ1v) is 9.71. The van der Waals surface area contributed by atoms with Crippen LogP contribution < -0.4 is 16.4 Å². The van der Waals surface area contributed by atoms with E-state index in [1.165, 1.54) is 22.4 Å². The Labute approximate surface area is 167 Å². The number of carbonyl (C=O) groups excluding carboxylic acids is 1. The van der Waals surface area contributed by atoms with E-state index in [4.69, 9.17) is 16.3 Å². The molecule has 1 fully saturated rings. The predicted octanol–water partition coefficient (Wildman–Crippen LogP) is 2.76. The van der Waals surface area contributed by atoms with Crippen molar-refractivity contribution in [1.82, 2.24) is 19.4 Å². The van der Waals surface area contributed by atoms with Crippen LogP contribution in [0, 0.1) is 0 Å². The number of nitrogens with zero attached hydrogens (tertiary/aromatic N) is 3. The molecule has 0 saturated heterocycles. The molecule has 2 aromatic rings. The third kappa shape index (κ3) is 4.22. The number of pyridine rings is 1. The maximum atomic E-state index is 12.7. The van der Waals surface area contributed by atoms with Gasteiger partial charge in [0.15, 0.2) is 5.65 Å². The molecule has 1 aliphatic rings. The fourth-order valence-corrected chi connectivity index (χ4v) is 3.75. The van der Waals surface area contributed by atoms with Crippen LogP contribution in [-0.2, 0) is 11.8 Å². The first-order chi connectivity index (χ1) is 13.1. The van der Waals surface area contributed by atoms with Crippen molar-refractivity contribution in [2.75, 3.05) is 0 Å². The van der Waals surface area contributed by atoms with Crippen LogP contribution in [0.5, 0.6) is 0 Å². The van der Waals surface area contributed by atoms with Crippen LogP contribution in [-0.4, -0.2) is 31.9 Å². The fraction of sp³-hybridized carbons (Fsp3) is 0.579. The standard InChI is InChI=1S/C19H25ClN4O4/c1-19(2,3)28-18(27)22-12-5-7-13(8-6-12)24-15-14(9-11(20)10-21-15)23(4)16(25)17(24)26/h9-10,12-13H,5-8H2,1-4H3,(H,22,27). The molecule has 0 aliphatic heterocycles. The maximum absolute atomic E-state index is 12.7. The normalized spacial score (nSPS) is 20.2. The monoisotopic (exact) mass is 408 g/mol. The highest BCUT2D eigenvalue weighted by atomic mass is 35.5. The molecule has 1 aliphatic carbocycles. The van der Waals surface area contributed by atoms with Gasteiger partial charge in [-0.2, -0.15) is 0 Å². The lowest BCUT2D eigenvalue weighted by Gasteiger charge is -2.31. The summed E-state index contributed by atoms with van der Waals surface area (Å²) >= 11 is 6.02. The van der Waals surface area contributed by atoms with Crippen LogP contribution in [0.3, 0.4) is 0 Å². The van der Waals surface area contributed by atoms with Crippen LogP contribution in [0.1, 0.15) is 52.5 Å². The summed E-state index contributed by atoms with van der Waals surface area (Å²) in [7, 11) is 1.54. The summed E-state index contributed by atoms with van der Waals surface area (Å²) in [6.45, 7) is 5.45. The predicted molar refractivity (Wildman–Crippen MR) is 107 cm³/mol. The van der Waals surface area contributed by atoms with E-state index in [1.807, 2.05) is 20.8 Å². The molecule has 152 valence electrons. The molecule has 0 aromatic carbocycles. The third-order valence-corrected chi connectivity index (χ3v) is 5.10. The average molecular weight is 409 g/mol. The summed E-state index contributed by atoms with van der Waals surface area (Å²) in [6, 6.07) is 1.45. The molecule has 2 aromatic heterocycles. The molecule has 1 amide bonds. The molecule has 9 heteroatoms. The number of rotatable bonds is 2. The second kappa shape index (κ2) is 7.58. The Balaban J connectivity index is 1.82. The number of aryl methyl sites for hydroxylation is 1. The molecule has 8 nitrogen and oxygen atoms in total. The number of fused-ring (bicyclic) bond motifs is 1. The average Bonchev–Trinajstić information content (AvgIpc) is 2.60. The van der Waals surface area contributed by atoms with Gasteiger partial charge in [0, 0.05) is 25.3 Å². The van der Waals surface area contributed by atoms with Gasteiger partial charge >= 0.3 is 17.2 Å². The molecule has 0 atom stereocenters. The first-order valence-electron chi connectivity index (χ1n) is 9.33. The molecule has 3 rings (SSSR count). The molecule has 0 unspecified atom stereocenters. The van der Waals surface area contributed by atoms with Gasteiger partial charge in [-0.1, -0.05) is 11.6 Å². The molecule has 1 N–H and O–H groups in total. The lowest BCUT2D eigenvalue weighted by Crippen LogP contribution is -2.45. The van der Waals surface area contributed by atoms with Crippen molar-refractivity contribution in [2.24, 2.45) is 7.05 Å². The van der Waals surface area contributed by atoms with Gasteiger partial charge < -0.3 is 14.6 Å². The minimum atomic E-state index is -0.606. The zero-order valence-corrected chi connectivity index (χ0v) is 17.2. The van der Waals surface area contributed by atoms with Gasteiger partial charge in [-0.3, -0.25) is 14.2 Å². The lowest BCUT2D eigenvalue weighted by atomic mass is 9.91. The Morgan fingerprint density at radius 1 is 1.21 bits per heavy atom. The Kier molecular flexibility index (Phi) is 5.52. The number of halogens is 1. The summed E-state index contributed by atoms with van der Waals surface area (Å²) in [5.41, 5.74) is -0.782. The Bertz CT molecular complexity index is 1010. The molecular weight excluding hydrogens is 384 g/mol. The number of aromatic nitrogens is 3. The number of ether oxygens (including phenoxy) is 1. The Hall–Kier alpha value is -2.35. The van der Waals surface area contributed by atoms with Gasteiger partial charge in [0.1, 0.15) is 5.60 Å². The number of nitrogens with one attached hydrogen (secondary N) is 1. The van der Waals surface area contributed by atoms with E-state index in [0.717, 1.165) is 0 Å². The van der Waals surface area contributed by atoms with Gasteiger partial charge in [0.25, 0.3) is 0 Å². The Morgan fingerprint density at radius 2 is 1.86 bits per heavy atom. The summed E-state index contributed by atoms with van der Waals surface area (Å²) in [5, 5.41) is 3.28. The van der Waals surface area contributed by atoms with E-state index in [9.17, 15) is 14.4 Å². The lowest BCUT2D eigenvalue weighted by molar-refractivity contribution is 0.0488. The highest BCUT2D eigenvalue weighted by Crippen LogP contribution is 2.29. The van der Waals surface area contributed by atoms with E-state index in [2.05, 4.69) is 10.3 Å². The topological polar surface area (TPSA) is 95.2 Å². The summed E-state index contributed by atoms with van der Waals surface area (Å²) in [4.78, 5) is 41.3. The highest BCUT2D eigenvalue weighted by Gasteiger charge is 2.28. The van der Waals surface area contributed by atoms with Gasteiger partial charge in [-0.05, 0) is 52.5 Å². The van der Waals surface area contributed by atoms with Crippen LogP contribution in [0.25, 0.3) is 11.2 Å². The van der Waals surface area contributed by atoms with Crippen LogP contribution in [0.15, 0.2) is 21.9 Å². The Morgan fingerprint density at radius 3 is 2.46 bits per heavy atom. The van der Waals surface area contributed by atoms with E-state index >= 15 is 0 Å². The van der Waals surface area contributed by atoms with Crippen molar-refractivity contribution in [3.8, 4) is 0 Å². The van der Waals surface area contributed by atoms with Gasteiger partial charge in [0.05, 0.1) is 10.5 Å². The number of carbonyl (C=O) groups is 1. The van der Waals surface area contributed by atoms with Gasteiger partial charge in [-0.25, -0.2) is 9.78 Å². The van der Waals surface area contributed by atoms with Crippen molar-refractivity contribution in [3.63, 3.8) is 0 Å². The molecular formula is C19H25ClN4O4. The van der Waals surface area contributed by atoms with Crippen molar-refractivity contribution in [2.45, 2.75) is 64.1 Å². The molecule has 1 saturated carbocycles. The quantitative estimate of drug-likeness (QED) is 0.771. The van der Waals surface area contributed by atoms with E-state index < -0.39 is 22.8 Å². The van der Waals surface area contributed by atoms with E-state index in [-0.39, 0.29) is 12.1 Å². The summed E-state index contributed by atoms with van der Waals surface area (Å²) in [5.74, 6) is 0. The molecule has 0 spiro atoms. The summed E-state index contributed by atoms with van der Waals surface area (Å²) < 4.78 is 8.06. The van der Waals surface area contributed by atoms with Gasteiger partial charge in [-0.15, -0.1) is 0 Å². The fourth-order valence-electron chi connectivity index (χ4n) is 3.60. The maximum Gasteiger partial charge on any atom is 0.407 e. The van der Waals surface area contributed by atoms with Crippen molar-refractivity contribution >= 4 is 28.9 Å². The zero-order chi connectivity index (χ0) is 20.6. The van der Waals surface area contributed by atoms with Crippen LogP contribution in [0.4, 0.5) is 4.79 Å². The second-order valence-electron chi connectivity index (χ2n) is 8.19. The highest BCUT2D eigenvalue weighted by molar-refractivity contribution is 6.31. The number of alkyl carbamates (subject to hydrolysis) is 1. The minimum Gasteiger partial charge on any atom is -0.444 e. The number of hydrogen-bond acceptors (Lipinski definition) is 5. The molecule has 0 radical (unpaired) electrons.